The normalized spacial score (nSPS) is 10.6. The van der Waals surface area contributed by atoms with Crippen molar-refractivity contribution in [3.8, 4) is 11.1 Å². The van der Waals surface area contributed by atoms with Crippen molar-refractivity contribution in [3.63, 3.8) is 0 Å². The molecule has 2 aromatic carbocycles. The van der Waals surface area contributed by atoms with Gasteiger partial charge in [0.25, 0.3) is 0 Å². The summed E-state index contributed by atoms with van der Waals surface area (Å²) in [5.74, 6) is -0.331. The summed E-state index contributed by atoms with van der Waals surface area (Å²) in [7, 11) is 0. The summed E-state index contributed by atoms with van der Waals surface area (Å²) in [6.45, 7) is 9.92. The lowest BCUT2D eigenvalue weighted by atomic mass is 9.90. The molecule has 0 aliphatic rings. The number of carbonyl (C=O) groups is 1. The van der Waals surface area contributed by atoms with Gasteiger partial charge >= 0.3 is 5.97 Å². The Morgan fingerprint density at radius 3 is 2.46 bits per heavy atom. The maximum atomic E-state index is 11.5. The third-order valence-corrected chi connectivity index (χ3v) is 4.46. The maximum Gasteiger partial charge on any atom is 0.333 e. The van der Waals surface area contributed by atoms with Gasteiger partial charge in [-0.15, -0.1) is 0 Å². The zero-order valence-corrected chi connectivity index (χ0v) is 16.0. The van der Waals surface area contributed by atoms with Crippen LogP contribution >= 0.6 is 0 Å². The first-order chi connectivity index (χ1) is 12.5. The minimum atomic E-state index is -0.331. The van der Waals surface area contributed by atoms with E-state index in [9.17, 15) is 9.90 Å². The van der Waals surface area contributed by atoms with Crippen LogP contribution in [0.4, 0.5) is 0 Å². The molecule has 0 saturated heterocycles. The molecule has 138 valence electrons. The molecule has 0 unspecified atom stereocenters. The van der Waals surface area contributed by atoms with Gasteiger partial charge in [-0.1, -0.05) is 55.5 Å². The molecule has 0 radical (unpaired) electrons. The SMILES string of the molecule is C=C(C)C(=O)OCCCc1cc(C)ccc1-c1ccc(CO)cc1CC. The Labute approximate surface area is 156 Å². The largest absolute Gasteiger partial charge is 0.462 e. The average Bonchev–Trinajstić information content (AvgIpc) is 2.64. The molecule has 0 saturated carbocycles. The number of hydrogen-bond acceptors (Lipinski definition) is 3. The molecule has 26 heavy (non-hydrogen) atoms. The van der Waals surface area contributed by atoms with Crippen LogP contribution in [0.3, 0.4) is 0 Å². The summed E-state index contributed by atoms with van der Waals surface area (Å²) in [4.78, 5) is 11.5. The minimum absolute atomic E-state index is 0.0577. The molecule has 0 aliphatic heterocycles. The molecule has 1 N–H and O–H groups in total. The molecule has 0 aromatic heterocycles. The minimum Gasteiger partial charge on any atom is -0.462 e. The van der Waals surface area contributed by atoms with Gasteiger partial charge in [-0.25, -0.2) is 4.79 Å². The van der Waals surface area contributed by atoms with Crippen LogP contribution in [0.15, 0.2) is 48.6 Å². The van der Waals surface area contributed by atoms with Crippen molar-refractivity contribution in [2.24, 2.45) is 0 Å². The topological polar surface area (TPSA) is 46.5 Å². The smallest absolute Gasteiger partial charge is 0.333 e. The first-order valence-corrected chi connectivity index (χ1v) is 9.11. The number of benzene rings is 2. The lowest BCUT2D eigenvalue weighted by Gasteiger charge is -2.15. The first kappa shape index (κ1) is 19.9. The van der Waals surface area contributed by atoms with Crippen LogP contribution in [0, 0.1) is 6.92 Å². The predicted octanol–water partition coefficient (Wildman–Crippen LogP) is 4.77. The number of ether oxygens (including phenoxy) is 1. The maximum absolute atomic E-state index is 11.5. The van der Waals surface area contributed by atoms with Crippen molar-refractivity contribution in [1.82, 2.24) is 0 Å². The molecule has 0 amide bonds. The third-order valence-electron chi connectivity index (χ3n) is 4.46. The van der Waals surface area contributed by atoms with E-state index in [1.54, 1.807) is 6.92 Å². The molecule has 0 aliphatic carbocycles. The Morgan fingerprint density at radius 2 is 1.81 bits per heavy atom. The van der Waals surface area contributed by atoms with E-state index in [1.807, 2.05) is 6.07 Å². The molecule has 0 bridgehead atoms. The van der Waals surface area contributed by atoms with Gasteiger partial charge in [0, 0.05) is 5.57 Å². The van der Waals surface area contributed by atoms with Gasteiger partial charge in [0.1, 0.15) is 0 Å². The zero-order valence-electron chi connectivity index (χ0n) is 16.0. The van der Waals surface area contributed by atoms with Crippen LogP contribution in [0.5, 0.6) is 0 Å². The van der Waals surface area contributed by atoms with E-state index >= 15 is 0 Å². The molecule has 0 spiro atoms. The fourth-order valence-electron chi connectivity index (χ4n) is 3.04. The van der Waals surface area contributed by atoms with Crippen LogP contribution in [0.2, 0.25) is 0 Å². The monoisotopic (exact) mass is 352 g/mol. The Hall–Kier alpha value is -2.39. The quantitative estimate of drug-likeness (QED) is 0.423. The molecule has 3 heteroatoms. The van der Waals surface area contributed by atoms with Crippen molar-refractivity contribution >= 4 is 5.97 Å². The fraction of sp³-hybridized carbons (Fsp3) is 0.348. The van der Waals surface area contributed by atoms with Crippen LogP contribution < -0.4 is 0 Å². The van der Waals surface area contributed by atoms with Crippen LogP contribution in [0.1, 0.15) is 42.5 Å². The number of aliphatic hydroxyl groups is 1. The van der Waals surface area contributed by atoms with Gasteiger partial charge in [0.05, 0.1) is 13.2 Å². The molecule has 0 fully saturated rings. The summed E-state index contributed by atoms with van der Waals surface area (Å²) in [6.07, 6.45) is 2.52. The van der Waals surface area contributed by atoms with Crippen molar-refractivity contribution in [3.05, 3.63) is 70.8 Å². The standard InChI is InChI=1S/C23H28O3/c1-5-19-14-18(15-24)9-11-21(19)22-10-8-17(4)13-20(22)7-6-12-26-23(25)16(2)3/h8-11,13-14,24H,2,5-7,12,15H2,1,3-4H3. The van der Waals surface area contributed by atoms with Crippen molar-refractivity contribution in [2.75, 3.05) is 6.61 Å². The van der Waals surface area contributed by atoms with Gasteiger partial charge in [-0.05, 0) is 60.9 Å². The zero-order chi connectivity index (χ0) is 19.1. The first-order valence-electron chi connectivity index (χ1n) is 9.11. The summed E-state index contributed by atoms with van der Waals surface area (Å²) in [5.41, 5.74) is 7.48. The predicted molar refractivity (Wildman–Crippen MR) is 106 cm³/mol. The van der Waals surface area contributed by atoms with E-state index < -0.39 is 0 Å². The third kappa shape index (κ3) is 5.06. The summed E-state index contributed by atoms with van der Waals surface area (Å²) < 4.78 is 5.21. The highest BCUT2D eigenvalue weighted by molar-refractivity contribution is 5.86. The average molecular weight is 352 g/mol. The highest BCUT2D eigenvalue weighted by Crippen LogP contribution is 2.30. The van der Waals surface area contributed by atoms with Crippen molar-refractivity contribution in [2.45, 2.75) is 46.6 Å². The van der Waals surface area contributed by atoms with Crippen molar-refractivity contribution < 1.29 is 14.6 Å². The molecular formula is C23H28O3. The molecule has 0 atom stereocenters. The van der Waals surface area contributed by atoms with E-state index in [4.69, 9.17) is 4.74 Å². The highest BCUT2D eigenvalue weighted by atomic mass is 16.5. The van der Waals surface area contributed by atoms with E-state index in [0.29, 0.717) is 12.2 Å². The number of esters is 1. The molecule has 2 aromatic rings. The summed E-state index contributed by atoms with van der Waals surface area (Å²) >= 11 is 0. The molecular weight excluding hydrogens is 324 g/mol. The fourth-order valence-corrected chi connectivity index (χ4v) is 3.04. The molecule has 0 heterocycles. The molecule has 2 rings (SSSR count). The van der Waals surface area contributed by atoms with Crippen LogP contribution in [-0.4, -0.2) is 17.7 Å². The van der Waals surface area contributed by atoms with E-state index in [0.717, 1.165) is 24.8 Å². The Morgan fingerprint density at radius 1 is 1.12 bits per heavy atom. The van der Waals surface area contributed by atoms with Gasteiger partial charge < -0.3 is 9.84 Å². The summed E-state index contributed by atoms with van der Waals surface area (Å²) in [6, 6.07) is 12.6. The van der Waals surface area contributed by atoms with Gasteiger partial charge in [-0.2, -0.15) is 0 Å². The van der Waals surface area contributed by atoms with Gasteiger partial charge in [0.15, 0.2) is 0 Å². The summed E-state index contributed by atoms with van der Waals surface area (Å²) in [5, 5.41) is 9.39. The number of aryl methyl sites for hydroxylation is 3. The van der Waals surface area contributed by atoms with E-state index in [2.05, 4.69) is 50.8 Å². The lowest BCUT2D eigenvalue weighted by molar-refractivity contribution is -0.139. The number of rotatable bonds is 8. The second kappa shape index (κ2) is 9.35. The van der Waals surface area contributed by atoms with Gasteiger partial charge in [0.2, 0.25) is 0 Å². The second-order valence-electron chi connectivity index (χ2n) is 6.68. The Kier molecular flexibility index (Phi) is 7.16. The number of aliphatic hydroxyl groups excluding tert-OH is 1. The second-order valence-corrected chi connectivity index (χ2v) is 6.68. The highest BCUT2D eigenvalue weighted by Gasteiger charge is 2.11. The molecule has 3 nitrogen and oxygen atoms in total. The van der Waals surface area contributed by atoms with Crippen LogP contribution in [0.25, 0.3) is 11.1 Å². The van der Waals surface area contributed by atoms with Gasteiger partial charge in [-0.3, -0.25) is 0 Å². The number of hydrogen-bond donors (Lipinski definition) is 1. The van der Waals surface area contributed by atoms with E-state index in [-0.39, 0.29) is 12.6 Å². The lowest BCUT2D eigenvalue weighted by Crippen LogP contribution is -2.07. The Balaban J connectivity index is 2.22. The van der Waals surface area contributed by atoms with E-state index in [1.165, 1.54) is 27.8 Å². The number of carbonyl (C=O) groups excluding carboxylic acids is 1. The Bertz CT molecular complexity index is 790. The van der Waals surface area contributed by atoms with Crippen molar-refractivity contribution in [1.29, 1.82) is 0 Å². The van der Waals surface area contributed by atoms with Crippen LogP contribution in [-0.2, 0) is 29.0 Å².